The van der Waals surface area contributed by atoms with Crippen molar-refractivity contribution in [2.75, 3.05) is 38.7 Å². The van der Waals surface area contributed by atoms with Crippen LogP contribution < -0.4 is 15.6 Å². The summed E-state index contributed by atoms with van der Waals surface area (Å²) >= 11 is 0. The van der Waals surface area contributed by atoms with Crippen LogP contribution in [0.4, 0.5) is 5.82 Å². The summed E-state index contributed by atoms with van der Waals surface area (Å²) in [7, 11) is 3.74. The van der Waals surface area contributed by atoms with E-state index in [0.29, 0.717) is 23.6 Å². The van der Waals surface area contributed by atoms with Crippen LogP contribution in [-0.4, -0.2) is 54.3 Å². The van der Waals surface area contributed by atoms with Crippen molar-refractivity contribution in [2.24, 2.45) is 0 Å². The maximum absolute atomic E-state index is 13.6. The van der Waals surface area contributed by atoms with Gasteiger partial charge in [0.2, 0.25) is 5.43 Å². The minimum atomic E-state index is -0.320. The average molecular weight is 385 g/mol. The van der Waals surface area contributed by atoms with Gasteiger partial charge in [0.1, 0.15) is 12.4 Å². The first-order valence-corrected chi connectivity index (χ1v) is 9.93. The van der Waals surface area contributed by atoms with Crippen molar-refractivity contribution in [3.8, 4) is 0 Å². The molecule has 3 heterocycles. The number of ether oxygens (including phenoxy) is 1. The van der Waals surface area contributed by atoms with E-state index < -0.39 is 0 Å². The summed E-state index contributed by atoms with van der Waals surface area (Å²) in [6.45, 7) is 3.97. The average Bonchev–Trinajstić information content (AvgIpc) is 3.04. The number of carbonyl (C=O) groups is 1. The molecule has 150 valence electrons. The second kappa shape index (κ2) is 7.16. The van der Waals surface area contributed by atoms with E-state index in [2.05, 4.69) is 15.3 Å². The number of nitrogens with one attached hydrogen (secondary N) is 1. The van der Waals surface area contributed by atoms with E-state index in [0.717, 1.165) is 50.0 Å². The number of hydrogen-bond donors (Lipinski definition) is 1. The Kier molecular flexibility index (Phi) is 4.82. The molecule has 1 spiro atoms. The van der Waals surface area contributed by atoms with Gasteiger partial charge in [-0.15, -0.1) is 0 Å². The van der Waals surface area contributed by atoms with Gasteiger partial charge in [0.15, 0.2) is 11.2 Å². The summed E-state index contributed by atoms with van der Waals surface area (Å²) in [6, 6.07) is 0. The number of pyridine rings is 1. The third kappa shape index (κ3) is 2.96. The molecule has 0 saturated carbocycles. The lowest BCUT2D eigenvalue weighted by atomic mass is 9.74. The Balaban J connectivity index is 1.97. The maximum Gasteiger partial charge on any atom is 0.326 e. The van der Waals surface area contributed by atoms with Crippen molar-refractivity contribution in [1.82, 2.24) is 19.9 Å². The molecule has 1 aliphatic carbocycles. The smallest absolute Gasteiger partial charge is 0.326 e. The van der Waals surface area contributed by atoms with E-state index in [1.54, 1.807) is 13.1 Å². The minimum absolute atomic E-state index is 0.0271. The third-order valence-electron chi connectivity index (χ3n) is 6.03. The number of piperidine rings is 1. The van der Waals surface area contributed by atoms with Gasteiger partial charge < -0.3 is 19.5 Å². The summed E-state index contributed by atoms with van der Waals surface area (Å²) < 4.78 is 7.05. The van der Waals surface area contributed by atoms with E-state index in [1.165, 1.54) is 0 Å². The molecule has 1 aliphatic heterocycles. The topological polar surface area (TPSA) is 89.3 Å². The van der Waals surface area contributed by atoms with Gasteiger partial charge in [0.05, 0.1) is 12.8 Å². The van der Waals surface area contributed by atoms with Gasteiger partial charge in [-0.05, 0) is 45.7 Å². The van der Waals surface area contributed by atoms with E-state index in [4.69, 9.17) is 4.74 Å². The van der Waals surface area contributed by atoms with Crippen LogP contribution >= 0.6 is 0 Å². The highest BCUT2D eigenvalue weighted by molar-refractivity contribution is 5.78. The molecule has 1 fully saturated rings. The number of fused-ring (bicyclic) bond motifs is 3. The molecule has 0 aromatic carbocycles. The summed E-state index contributed by atoms with van der Waals surface area (Å²) in [6.07, 6.45) is 5.21. The first-order chi connectivity index (χ1) is 13.5. The second-order valence-electron chi connectivity index (χ2n) is 7.87. The lowest BCUT2D eigenvalue weighted by molar-refractivity contribution is -0.143. The summed E-state index contributed by atoms with van der Waals surface area (Å²) in [5.74, 6) is 0.309. The molecule has 4 rings (SSSR count). The highest BCUT2D eigenvalue weighted by Crippen LogP contribution is 2.44. The number of rotatable bonds is 4. The van der Waals surface area contributed by atoms with Gasteiger partial charge in [0, 0.05) is 30.8 Å². The van der Waals surface area contributed by atoms with Crippen molar-refractivity contribution in [3.63, 3.8) is 0 Å². The lowest BCUT2D eigenvalue weighted by Crippen LogP contribution is -2.41. The molecular formula is C20H27N5O3. The van der Waals surface area contributed by atoms with Crippen LogP contribution in [-0.2, 0) is 27.9 Å². The molecule has 2 aromatic heterocycles. The Morgan fingerprint density at radius 1 is 1.32 bits per heavy atom. The SMILES string of the molecule is CCOC(=O)Cn1c2c(c(=O)c3nc(N(C)C)cnc31)C1(CCNCC1)CC2. The normalized spacial score (nSPS) is 17.7. The zero-order valence-electron chi connectivity index (χ0n) is 16.7. The quantitative estimate of drug-likeness (QED) is 0.785. The molecule has 1 N–H and O–H groups in total. The van der Waals surface area contributed by atoms with Crippen molar-refractivity contribution in [2.45, 2.75) is 44.6 Å². The Hall–Kier alpha value is -2.48. The predicted octanol–water partition coefficient (Wildman–Crippen LogP) is 0.988. The van der Waals surface area contributed by atoms with Crippen LogP contribution in [0.5, 0.6) is 0 Å². The van der Waals surface area contributed by atoms with Crippen LogP contribution in [0.3, 0.4) is 0 Å². The molecule has 8 nitrogen and oxygen atoms in total. The van der Waals surface area contributed by atoms with Crippen LogP contribution in [0.25, 0.3) is 11.2 Å². The fraction of sp³-hybridized carbons (Fsp3) is 0.600. The van der Waals surface area contributed by atoms with Gasteiger partial charge >= 0.3 is 5.97 Å². The molecule has 2 aliphatic rings. The van der Waals surface area contributed by atoms with Crippen molar-refractivity contribution in [1.29, 1.82) is 0 Å². The highest BCUT2D eigenvalue weighted by Gasteiger charge is 2.44. The Morgan fingerprint density at radius 3 is 2.75 bits per heavy atom. The molecule has 0 amide bonds. The summed E-state index contributed by atoms with van der Waals surface area (Å²) in [4.78, 5) is 36.8. The number of hydrogen-bond acceptors (Lipinski definition) is 7. The molecule has 28 heavy (non-hydrogen) atoms. The molecular weight excluding hydrogens is 358 g/mol. The summed E-state index contributed by atoms with van der Waals surface area (Å²) in [5, 5.41) is 3.39. The largest absolute Gasteiger partial charge is 0.465 e. The standard InChI is InChI=1S/C20H27N5O3/c1-4-28-15(26)12-25-13-5-6-20(7-9-21-10-8-20)16(13)18(27)17-19(25)22-11-14(23-17)24(2)3/h11,21H,4-10,12H2,1-3H3. The highest BCUT2D eigenvalue weighted by atomic mass is 16.5. The first kappa shape index (κ1) is 18.9. The van der Waals surface area contributed by atoms with E-state index >= 15 is 0 Å². The summed E-state index contributed by atoms with van der Waals surface area (Å²) in [5.41, 5.74) is 2.43. The fourth-order valence-electron chi connectivity index (χ4n) is 4.65. The van der Waals surface area contributed by atoms with Gasteiger partial charge in [-0.1, -0.05) is 0 Å². The molecule has 8 heteroatoms. The Bertz CT molecular complexity index is 976. The van der Waals surface area contributed by atoms with E-state index in [9.17, 15) is 9.59 Å². The Labute approximate surface area is 163 Å². The molecule has 0 bridgehead atoms. The first-order valence-electron chi connectivity index (χ1n) is 9.93. The van der Waals surface area contributed by atoms with Gasteiger partial charge in [0.25, 0.3) is 0 Å². The van der Waals surface area contributed by atoms with Crippen molar-refractivity contribution < 1.29 is 9.53 Å². The molecule has 0 radical (unpaired) electrons. The molecule has 0 unspecified atom stereocenters. The fourth-order valence-corrected chi connectivity index (χ4v) is 4.65. The third-order valence-corrected chi connectivity index (χ3v) is 6.03. The van der Waals surface area contributed by atoms with Gasteiger partial charge in [-0.3, -0.25) is 9.59 Å². The number of anilines is 1. The van der Waals surface area contributed by atoms with E-state index in [-0.39, 0.29) is 23.4 Å². The van der Waals surface area contributed by atoms with Gasteiger partial charge in [-0.25, -0.2) is 9.97 Å². The number of esters is 1. The Morgan fingerprint density at radius 2 is 2.07 bits per heavy atom. The molecule has 1 saturated heterocycles. The zero-order valence-corrected chi connectivity index (χ0v) is 16.7. The van der Waals surface area contributed by atoms with E-state index in [1.807, 2.05) is 23.6 Å². The van der Waals surface area contributed by atoms with Crippen LogP contribution in [0.15, 0.2) is 11.0 Å². The minimum Gasteiger partial charge on any atom is -0.465 e. The molecule has 2 aromatic rings. The molecule has 0 atom stereocenters. The zero-order chi connectivity index (χ0) is 19.9. The number of carbonyl (C=O) groups excluding carboxylic acids is 1. The monoisotopic (exact) mass is 385 g/mol. The van der Waals surface area contributed by atoms with Crippen LogP contribution in [0, 0.1) is 0 Å². The number of aromatic nitrogens is 3. The predicted molar refractivity (Wildman–Crippen MR) is 107 cm³/mol. The lowest BCUT2D eigenvalue weighted by Gasteiger charge is -2.34. The van der Waals surface area contributed by atoms with Crippen LogP contribution in [0.1, 0.15) is 37.4 Å². The second-order valence-corrected chi connectivity index (χ2v) is 7.87. The number of nitrogens with zero attached hydrogens (tertiary/aromatic N) is 4. The van der Waals surface area contributed by atoms with Crippen molar-refractivity contribution in [3.05, 3.63) is 27.7 Å². The van der Waals surface area contributed by atoms with Gasteiger partial charge in [-0.2, -0.15) is 0 Å². The maximum atomic E-state index is 13.6. The van der Waals surface area contributed by atoms with Crippen molar-refractivity contribution >= 4 is 23.0 Å². The van der Waals surface area contributed by atoms with Crippen LogP contribution in [0.2, 0.25) is 0 Å².